The van der Waals surface area contributed by atoms with E-state index in [1.165, 1.54) is 0 Å². The summed E-state index contributed by atoms with van der Waals surface area (Å²) in [5.41, 5.74) is 1.11. The second kappa shape index (κ2) is 10.5. The summed E-state index contributed by atoms with van der Waals surface area (Å²) in [4.78, 5) is 0. The van der Waals surface area contributed by atoms with Gasteiger partial charge < -0.3 is 9.47 Å². The van der Waals surface area contributed by atoms with Gasteiger partial charge in [-0.15, -0.1) is 0 Å². The molecule has 0 saturated carbocycles. The van der Waals surface area contributed by atoms with Crippen molar-refractivity contribution in [2.45, 2.75) is 23.4 Å². The molecule has 5 rings (SSSR count). The van der Waals surface area contributed by atoms with Gasteiger partial charge in [0.2, 0.25) is 0 Å². The van der Waals surface area contributed by atoms with Gasteiger partial charge in [-0.05, 0) is 22.3 Å². The van der Waals surface area contributed by atoms with Crippen LogP contribution in [0.3, 0.4) is 0 Å². The van der Waals surface area contributed by atoms with Gasteiger partial charge in [-0.3, -0.25) is 8.37 Å². The van der Waals surface area contributed by atoms with E-state index in [-0.39, 0.29) is 0 Å². The SMILES string of the molecule is COC(c1ccccc1)(c1ccccc1)[C@@H]1OS(=O)O[C@H]1C(OC)(c1ccccc1)c1ccccc1. The number of hydrogen-bond donors (Lipinski definition) is 0. The Balaban J connectivity index is 1.79. The summed E-state index contributed by atoms with van der Waals surface area (Å²) < 4.78 is 38.1. The molecule has 0 bridgehead atoms. The second-order valence-electron chi connectivity index (χ2n) is 8.58. The molecule has 6 heteroatoms. The van der Waals surface area contributed by atoms with E-state index < -0.39 is 34.8 Å². The lowest BCUT2D eigenvalue weighted by Crippen LogP contribution is -2.56. The Bertz CT molecular complexity index is 1100. The van der Waals surface area contributed by atoms with Crippen LogP contribution in [0.1, 0.15) is 22.3 Å². The normalized spacial score (nSPS) is 18.8. The smallest absolute Gasteiger partial charge is 0.305 e. The van der Waals surface area contributed by atoms with Gasteiger partial charge in [-0.1, -0.05) is 121 Å². The molecule has 4 aromatic rings. The first-order valence-corrected chi connectivity index (χ1v) is 12.7. The quantitative estimate of drug-likeness (QED) is 0.318. The van der Waals surface area contributed by atoms with Crippen molar-refractivity contribution in [3.05, 3.63) is 144 Å². The van der Waals surface area contributed by atoms with Crippen molar-refractivity contribution in [3.8, 4) is 0 Å². The summed E-state index contributed by atoms with van der Waals surface area (Å²) in [6.45, 7) is 0. The van der Waals surface area contributed by atoms with Gasteiger partial charge in [-0.25, -0.2) is 0 Å². The van der Waals surface area contributed by atoms with Crippen LogP contribution in [0.2, 0.25) is 0 Å². The lowest BCUT2D eigenvalue weighted by Gasteiger charge is -2.45. The Morgan fingerprint density at radius 2 is 0.778 bits per heavy atom. The van der Waals surface area contributed by atoms with E-state index in [2.05, 4.69) is 0 Å². The summed E-state index contributed by atoms with van der Waals surface area (Å²) in [6, 6.07) is 39.3. The lowest BCUT2D eigenvalue weighted by atomic mass is 9.71. The van der Waals surface area contributed by atoms with Crippen LogP contribution < -0.4 is 0 Å². The maximum absolute atomic E-state index is 13.1. The molecule has 1 fully saturated rings. The van der Waals surface area contributed by atoms with Crippen molar-refractivity contribution < 1.29 is 22.0 Å². The molecule has 0 unspecified atom stereocenters. The highest BCUT2D eigenvalue weighted by atomic mass is 32.2. The monoisotopic (exact) mass is 500 g/mol. The molecule has 1 heterocycles. The van der Waals surface area contributed by atoms with Crippen molar-refractivity contribution in [1.29, 1.82) is 0 Å². The van der Waals surface area contributed by atoms with Crippen LogP contribution in [-0.4, -0.2) is 30.6 Å². The fraction of sp³-hybridized carbons (Fsp3) is 0.200. The Kier molecular flexibility index (Phi) is 7.14. The topological polar surface area (TPSA) is 54.0 Å². The number of ether oxygens (including phenoxy) is 2. The molecule has 0 spiro atoms. The fourth-order valence-corrected chi connectivity index (χ4v) is 6.15. The highest BCUT2D eigenvalue weighted by Gasteiger charge is 2.61. The third-order valence-electron chi connectivity index (χ3n) is 6.90. The van der Waals surface area contributed by atoms with Crippen LogP contribution in [0.5, 0.6) is 0 Å². The zero-order chi connectivity index (χ0) is 25.0. The average Bonchev–Trinajstić information content (AvgIpc) is 3.34. The third kappa shape index (κ3) is 4.01. The molecule has 0 aliphatic carbocycles. The molecule has 5 nitrogen and oxygen atoms in total. The van der Waals surface area contributed by atoms with Gasteiger partial charge in [0, 0.05) is 14.2 Å². The molecule has 0 aromatic heterocycles. The standard InChI is InChI=1S/C30H28O5S/c1-32-29(23-15-7-3-8-16-23,24-17-9-4-10-18-24)27-28(35-36(31)34-27)30(33-2,25-19-11-5-12-20-25)26-21-13-6-14-22-26/h3-22,27-28H,1-2H3/t27-,28-/m1/s1. The van der Waals surface area contributed by atoms with Crippen LogP contribution in [0.4, 0.5) is 0 Å². The molecule has 1 aliphatic rings. The molecular formula is C30H28O5S. The molecule has 0 N–H and O–H groups in total. The fourth-order valence-electron chi connectivity index (χ4n) is 5.29. The Labute approximate surface area is 214 Å². The maximum atomic E-state index is 13.1. The number of rotatable bonds is 8. The van der Waals surface area contributed by atoms with Crippen LogP contribution in [0.15, 0.2) is 121 Å². The van der Waals surface area contributed by atoms with E-state index in [4.69, 9.17) is 17.8 Å². The summed E-state index contributed by atoms with van der Waals surface area (Å²) in [5.74, 6) is 0. The molecule has 1 saturated heterocycles. The number of hydrogen-bond acceptors (Lipinski definition) is 5. The van der Waals surface area contributed by atoms with Crippen LogP contribution in [0, 0.1) is 0 Å². The first kappa shape index (κ1) is 24.6. The zero-order valence-corrected chi connectivity index (χ0v) is 21.0. The van der Waals surface area contributed by atoms with Crippen molar-refractivity contribution in [1.82, 2.24) is 0 Å². The Morgan fingerprint density at radius 1 is 0.528 bits per heavy atom. The first-order chi connectivity index (χ1) is 17.7. The lowest BCUT2D eigenvalue weighted by molar-refractivity contribution is -0.136. The predicted octanol–water partition coefficient (Wildman–Crippen LogP) is 5.53. The second-order valence-corrected chi connectivity index (χ2v) is 9.37. The summed E-state index contributed by atoms with van der Waals surface area (Å²) >= 11 is -2.03. The minimum Gasteiger partial charge on any atom is -0.366 e. The molecule has 1 aliphatic heterocycles. The summed E-state index contributed by atoms with van der Waals surface area (Å²) in [5, 5.41) is 0. The average molecular weight is 501 g/mol. The van der Waals surface area contributed by atoms with Gasteiger partial charge in [0.05, 0.1) is 0 Å². The maximum Gasteiger partial charge on any atom is 0.305 e. The molecule has 4 aromatic carbocycles. The van der Waals surface area contributed by atoms with E-state index in [1.54, 1.807) is 14.2 Å². The zero-order valence-electron chi connectivity index (χ0n) is 20.2. The first-order valence-electron chi connectivity index (χ1n) is 11.7. The van der Waals surface area contributed by atoms with E-state index in [0.29, 0.717) is 0 Å². The van der Waals surface area contributed by atoms with Crippen molar-refractivity contribution >= 4 is 11.4 Å². The Morgan fingerprint density at radius 3 is 1.00 bits per heavy atom. The van der Waals surface area contributed by atoms with Crippen molar-refractivity contribution in [2.75, 3.05) is 14.2 Å². The minimum atomic E-state index is -2.03. The highest BCUT2D eigenvalue weighted by molar-refractivity contribution is 7.75. The number of methoxy groups -OCH3 is 2. The van der Waals surface area contributed by atoms with Crippen molar-refractivity contribution in [3.63, 3.8) is 0 Å². The van der Waals surface area contributed by atoms with Crippen LogP contribution in [-0.2, 0) is 40.4 Å². The Hall–Kier alpha value is -3.13. The van der Waals surface area contributed by atoms with Gasteiger partial charge >= 0.3 is 11.4 Å². The molecule has 0 amide bonds. The van der Waals surface area contributed by atoms with Crippen molar-refractivity contribution in [2.24, 2.45) is 0 Å². The van der Waals surface area contributed by atoms with E-state index >= 15 is 0 Å². The number of benzene rings is 4. The van der Waals surface area contributed by atoms with Gasteiger partial charge in [-0.2, -0.15) is 4.21 Å². The third-order valence-corrected chi connectivity index (χ3v) is 7.62. The molecule has 36 heavy (non-hydrogen) atoms. The van der Waals surface area contributed by atoms with E-state index in [9.17, 15) is 4.21 Å². The van der Waals surface area contributed by atoms with E-state index in [1.807, 2.05) is 121 Å². The van der Waals surface area contributed by atoms with Gasteiger partial charge in [0.1, 0.15) is 23.4 Å². The predicted molar refractivity (Wildman–Crippen MR) is 139 cm³/mol. The van der Waals surface area contributed by atoms with Gasteiger partial charge in [0.25, 0.3) is 0 Å². The molecular weight excluding hydrogens is 472 g/mol. The van der Waals surface area contributed by atoms with Crippen LogP contribution >= 0.6 is 0 Å². The largest absolute Gasteiger partial charge is 0.366 e. The molecule has 2 atom stereocenters. The minimum absolute atomic E-state index is 0.839. The molecule has 0 radical (unpaired) electrons. The van der Waals surface area contributed by atoms with E-state index in [0.717, 1.165) is 22.3 Å². The summed E-state index contributed by atoms with van der Waals surface area (Å²) in [7, 11) is 3.28. The van der Waals surface area contributed by atoms with Gasteiger partial charge in [0.15, 0.2) is 0 Å². The molecule has 184 valence electrons. The van der Waals surface area contributed by atoms with Crippen LogP contribution in [0.25, 0.3) is 0 Å². The highest BCUT2D eigenvalue weighted by Crippen LogP contribution is 2.50. The summed E-state index contributed by atoms with van der Waals surface area (Å²) in [6.07, 6.45) is -1.68.